The van der Waals surface area contributed by atoms with Crippen molar-refractivity contribution in [2.45, 2.75) is 6.42 Å². The number of nitrogens with zero attached hydrogens (tertiary/aromatic N) is 2. The molecule has 1 aliphatic heterocycles. The Morgan fingerprint density at radius 3 is 2.94 bits per heavy atom. The van der Waals surface area contributed by atoms with Crippen LogP contribution >= 0.6 is 0 Å². The number of pyridine rings is 1. The Balaban J connectivity index is 1.67. The predicted octanol–water partition coefficient (Wildman–Crippen LogP) is -0.514. The van der Waals surface area contributed by atoms with Gasteiger partial charge in [-0.3, -0.25) is 9.59 Å². The molecule has 0 fully saturated rings. The summed E-state index contributed by atoms with van der Waals surface area (Å²) in [5.74, 6) is 0.171. The molecule has 2 amide bonds. The van der Waals surface area contributed by atoms with E-state index in [1.165, 1.54) is 0 Å². The molecule has 0 radical (unpaired) electrons. The maximum atomic E-state index is 11.5. The number of aromatic nitrogens is 1. The standard InChI is InChI=1S/C11H13N5O2/c17-10-7-8(15-16-10)11(18)14-6-5-13-9-3-1-2-4-12-9/h1-4H,5-7H2,(H,12,13)(H,14,18)(H,16,17). The molecule has 2 heterocycles. The summed E-state index contributed by atoms with van der Waals surface area (Å²) < 4.78 is 0. The Morgan fingerprint density at radius 2 is 2.28 bits per heavy atom. The Hall–Kier alpha value is -2.44. The molecule has 0 atom stereocenters. The van der Waals surface area contributed by atoms with Gasteiger partial charge in [0.25, 0.3) is 5.91 Å². The highest BCUT2D eigenvalue weighted by atomic mass is 16.2. The third-order valence-corrected chi connectivity index (χ3v) is 2.29. The fraction of sp³-hybridized carbons (Fsp3) is 0.273. The average molecular weight is 247 g/mol. The first-order valence-corrected chi connectivity index (χ1v) is 5.54. The second-order valence-electron chi connectivity index (χ2n) is 3.67. The molecule has 0 unspecified atom stereocenters. The number of anilines is 1. The van der Waals surface area contributed by atoms with Gasteiger partial charge >= 0.3 is 0 Å². The van der Waals surface area contributed by atoms with Crippen molar-refractivity contribution in [3.8, 4) is 0 Å². The quantitative estimate of drug-likeness (QED) is 0.610. The number of carbonyl (C=O) groups is 2. The molecule has 0 saturated heterocycles. The zero-order chi connectivity index (χ0) is 12.8. The molecule has 3 N–H and O–H groups in total. The van der Waals surface area contributed by atoms with Gasteiger partial charge in [-0.15, -0.1) is 0 Å². The van der Waals surface area contributed by atoms with Gasteiger partial charge in [0.1, 0.15) is 11.5 Å². The molecule has 1 aliphatic rings. The van der Waals surface area contributed by atoms with Crippen LogP contribution < -0.4 is 16.1 Å². The number of hydrazone groups is 1. The number of hydrogen-bond acceptors (Lipinski definition) is 5. The summed E-state index contributed by atoms with van der Waals surface area (Å²) >= 11 is 0. The van der Waals surface area contributed by atoms with E-state index < -0.39 is 0 Å². The Labute approximate surface area is 104 Å². The Bertz CT molecular complexity index is 472. The molecule has 0 bridgehead atoms. The number of carbonyl (C=O) groups excluding carboxylic acids is 2. The van der Waals surface area contributed by atoms with Crippen molar-refractivity contribution in [1.82, 2.24) is 15.7 Å². The number of rotatable bonds is 5. The zero-order valence-electron chi connectivity index (χ0n) is 9.64. The Kier molecular flexibility index (Phi) is 3.85. The van der Waals surface area contributed by atoms with Gasteiger partial charge in [-0.25, -0.2) is 10.4 Å². The summed E-state index contributed by atoms with van der Waals surface area (Å²) in [7, 11) is 0. The zero-order valence-corrected chi connectivity index (χ0v) is 9.64. The summed E-state index contributed by atoms with van der Waals surface area (Å²) in [6.45, 7) is 0.986. The maximum absolute atomic E-state index is 11.5. The summed E-state index contributed by atoms with van der Waals surface area (Å²) in [4.78, 5) is 26.5. The number of nitrogens with one attached hydrogen (secondary N) is 3. The lowest BCUT2D eigenvalue weighted by atomic mass is 10.2. The van der Waals surface area contributed by atoms with E-state index in [1.807, 2.05) is 18.2 Å². The maximum Gasteiger partial charge on any atom is 0.268 e. The molecular weight excluding hydrogens is 234 g/mol. The molecule has 0 spiro atoms. The van der Waals surface area contributed by atoms with Gasteiger partial charge < -0.3 is 10.6 Å². The lowest BCUT2D eigenvalue weighted by Gasteiger charge is -2.06. The molecule has 0 aromatic carbocycles. The van der Waals surface area contributed by atoms with Crippen molar-refractivity contribution in [3.05, 3.63) is 24.4 Å². The topological polar surface area (TPSA) is 95.5 Å². The highest BCUT2D eigenvalue weighted by Gasteiger charge is 2.20. The second-order valence-corrected chi connectivity index (χ2v) is 3.67. The van der Waals surface area contributed by atoms with Crippen LogP contribution in [0.15, 0.2) is 29.5 Å². The smallest absolute Gasteiger partial charge is 0.268 e. The van der Waals surface area contributed by atoms with E-state index in [9.17, 15) is 9.59 Å². The highest BCUT2D eigenvalue weighted by Crippen LogP contribution is 1.98. The van der Waals surface area contributed by atoms with E-state index >= 15 is 0 Å². The van der Waals surface area contributed by atoms with E-state index in [1.54, 1.807) is 6.20 Å². The molecule has 0 aliphatic carbocycles. The van der Waals surface area contributed by atoms with Crippen LogP contribution in [-0.2, 0) is 9.59 Å². The predicted molar refractivity (Wildman–Crippen MR) is 65.9 cm³/mol. The summed E-state index contributed by atoms with van der Waals surface area (Å²) in [5, 5.41) is 9.34. The second kappa shape index (κ2) is 5.76. The SMILES string of the molecule is O=C1CC(C(=O)NCCNc2ccccn2)=NN1. The summed E-state index contributed by atoms with van der Waals surface area (Å²) in [6.07, 6.45) is 1.73. The van der Waals surface area contributed by atoms with E-state index in [0.29, 0.717) is 13.1 Å². The molecule has 1 aromatic rings. The molecular formula is C11H13N5O2. The summed E-state index contributed by atoms with van der Waals surface area (Å²) in [5.41, 5.74) is 2.45. The highest BCUT2D eigenvalue weighted by molar-refractivity contribution is 6.43. The van der Waals surface area contributed by atoms with E-state index in [0.717, 1.165) is 5.82 Å². The van der Waals surface area contributed by atoms with Crippen LogP contribution in [0.3, 0.4) is 0 Å². The first-order chi connectivity index (χ1) is 8.75. The van der Waals surface area contributed by atoms with Gasteiger partial charge in [0, 0.05) is 19.3 Å². The van der Waals surface area contributed by atoms with Crippen molar-refractivity contribution in [3.63, 3.8) is 0 Å². The van der Waals surface area contributed by atoms with Crippen molar-refractivity contribution < 1.29 is 9.59 Å². The first kappa shape index (κ1) is 12.0. The van der Waals surface area contributed by atoms with Gasteiger partial charge in [-0.05, 0) is 12.1 Å². The van der Waals surface area contributed by atoms with Gasteiger partial charge in [-0.2, -0.15) is 5.10 Å². The van der Waals surface area contributed by atoms with Gasteiger partial charge in [-0.1, -0.05) is 6.07 Å². The largest absolute Gasteiger partial charge is 0.368 e. The van der Waals surface area contributed by atoms with Crippen LogP contribution in [0.1, 0.15) is 6.42 Å². The fourth-order valence-electron chi connectivity index (χ4n) is 1.43. The molecule has 2 rings (SSSR count). The van der Waals surface area contributed by atoms with Crippen molar-refractivity contribution in [2.75, 3.05) is 18.4 Å². The minimum absolute atomic E-state index is 0.0412. The summed E-state index contributed by atoms with van der Waals surface area (Å²) in [6, 6.07) is 5.54. The van der Waals surface area contributed by atoms with E-state index in [2.05, 4.69) is 26.1 Å². The molecule has 7 nitrogen and oxygen atoms in total. The lowest BCUT2D eigenvalue weighted by Crippen LogP contribution is -2.34. The van der Waals surface area contributed by atoms with E-state index in [-0.39, 0.29) is 23.9 Å². The number of amides is 2. The van der Waals surface area contributed by atoms with Crippen LogP contribution in [-0.4, -0.2) is 35.6 Å². The average Bonchev–Trinajstić information content (AvgIpc) is 2.82. The number of hydrogen-bond donors (Lipinski definition) is 3. The minimum Gasteiger partial charge on any atom is -0.368 e. The van der Waals surface area contributed by atoms with Gasteiger partial charge in [0.2, 0.25) is 5.91 Å². The van der Waals surface area contributed by atoms with Crippen molar-refractivity contribution >= 4 is 23.3 Å². The minimum atomic E-state index is -0.323. The van der Waals surface area contributed by atoms with Crippen LogP contribution in [0, 0.1) is 0 Å². The molecule has 0 saturated carbocycles. The van der Waals surface area contributed by atoms with Gasteiger partial charge in [0.05, 0.1) is 6.42 Å². The van der Waals surface area contributed by atoms with Crippen LogP contribution in [0.2, 0.25) is 0 Å². The third kappa shape index (κ3) is 3.27. The van der Waals surface area contributed by atoms with Crippen molar-refractivity contribution in [1.29, 1.82) is 0 Å². The van der Waals surface area contributed by atoms with Crippen LogP contribution in [0.25, 0.3) is 0 Å². The normalized spacial score (nSPS) is 13.8. The Morgan fingerprint density at radius 1 is 1.39 bits per heavy atom. The van der Waals surface area contributed by atoms with Crippen LogP contribution in [0.4, 0.5) is 5.82 Å². The van der Waals surface area contributed by atoms with Crippen LogP contribution in [0.5, 0.6) is 0 Å². The molecule has 1 aromatic heterocycles. The molecule has 18 heavy (non-hydrogen) atoms. The van der Waals surface area contributed by atoms with E-state index in [4.69, 9.17) is 0 Å². The third-order valence-electron chi connectivity index (χ3n) is 2.29. The fourth-order valence-corrected chi connectivity index (χ4v) is 1.43. The molecule has 94 valence electrons. The molecule has 7 heteroatoms. The van der Waals surface area contributed by atoms with Crippen molar-refractivity contribution in [2.24, 2.45) is 5.10 Å². The first-order valence-electron chi connectivity index (χ1n) is 5.54. The monoisotopic (exact) mass is 247 g/mol. The lowest BCUT2D eigenvalue weighted by molar-refractivity contribution is -0.120. The van der Waals surface area contributed by atoms with Gasteiger partial charge in [0.15, 0.2) is 0 Å².